The predicted molar refractivity (Wildman–Crippen MR) is 83.0 cm³/mol. The lowest BCUT2D eigenvalue weighted by atomic mass is 9.81. The highest BCUT2D eigenvalue weighted by Crippen LogP contribution is 2.32. The first-order chi connectivity index (χ1) is 9.13. The standard InChI is InChI=1S/C15H28BrNO2/c1-3-5-6-7-13(4-2)14-10-12(11-16)8-9-17(14)15(18)19/h12-14H,3-11H2,1-2H3,(H,18,19). The van der Waals surface area contributed by atoms with Crippen LogP contribution in [-0.4, -0.2) is 34.0 Å². The molecular weight excluding hydrogens is 306 g/mol. The molecule has 1 aliphatic rings. The molecule has 1 amide bonds. The summed E-state index contributed by atoms with van der Waals surface area (Å²) in [6.45, 7) is 5.13. The highest BCUT2D eigenvalue weighted by molar-refractivity contribution is 9.09. The van der Waals surface area contributed by atoms with Crippen LogP contribution in [0.1, 0.15) is 58.8 Å². The second-order valence-corrected chi connectivity index (χ2v) is 6.40. The average Bonchev–Trinajstić information content (AvgIpc) is 2.43. The van der Waals surface area contributed by atoms with Crippen LogP contribution in [-0.2, 0) is 0 Å². The van der Waals surface area contributed by atoms with Crippen LogP contribution in [0.2, 0.25) is 0 Å². The van der Waals surface area contributed by atoms with Crippen molar-refractivity contribution < 1.29 is 9.90 Å². The molecular formula is C15H28BrNO2. The summed E-state index contributed by atoms with van der Waals surface area (Å²) in [7, 11) is 0. The Balaban J connectivity index is 2.66. The molecule has 3 nitrogen and oxygen atoms in total. The van der Waals surface area contributed by atoms with Crippen molar-refractivity contribution in [1.82, 2.24) is 4.90 Å². The van der Waals surface area contributed by atoms with Gasteiger partial charge in [-0.1, -0.05) is 55.5 Å². The number of carboxylic acid groups (broad SMARTS) is 1. The first-order valence-electron chi connectivity index (χ1n) is 7.69. The van der Waals surface area contributed by atoms with Crippen LogP contribution in [0.15, 0.2) is 0 Å². The summed E-state index contributed by atoms with van der Waals surface area (Å²) in [6, 6.07) is 0.232. The number of likely N-dealkylation sites (tertiary alicyclic amines) is 1. The van der Waals surface area contributed by atoms with E-state index >= 15 is 0 Å². The van der Waals surface area contributed by atoms with Gasteiger partial charge in [-0.2, -0.15) is 0 Å². The average molecular weight is 334 g/mol. The van der Waals surface area contributed by atoms with Gasteiger partial charge in [-0.05, 0) is 31.1 Å². The Morgan fingerprint density at radius 2 is 2.16 bits per heavy atom. The second-order valence-electron chi connectivity index (χ2n) is 5.75. The molecule has 1 N–H and O–H groups in total. The zero-order chi connectivity index (χ0) is 14.3. The molecule has 3 atom stereocenters. The molecule has 0 aromatic rings. The smallest absolute Gasteiger partial charge is 0.407 e. The van der Waals surface area contributed by atoms with Crippen LogP contribution < -0.4 is 0 Å². The van der Waals surface area contributed by atoms with Crippen molar-refractivity contribution in [2.24, 2.45) is 11.8 Å². The van der Waals surface area contributed by atoms with Gasteiger partial charge in [0.2, 0.25) is 0 Å². The van der Waals surface area contributed by atoms with Crippen molar-refractivity contribution in [3.05, 3.63) is 0 Å². The minimum absolute atomic E-state index is 0.232. The molecule has 0 saturated carbocycles. The molecule has 0 aliphatic carbocycles. The van der Waals surface area contributed by atoms with E-state index in [1.165, 1.54) is 25.7 Å². The van der Waals surface area contributed by atoms with Crippen molar-refractivity contribution in [2.75, 3.05) is 11.9 Å². The van der Waals surface area contributed by atoms with E-state index in [1.807, 2.05) is 0 Å². The number of piperidine rings is 1. The van der Waals surface area contributed by atoms with Gasteiger partial charge in [0, 0.05) is 17.9 Å². The number of rotatable bonds is 7. The van der Waals surface area contributed by atoms with Gasteiger partial charge >= 0.3 is 6.09 Å². The summed E-state index contributed by atoms with van der Waals surface area (Å²) in [5.41, 5.74) is 0. The van der Waals surface area contributed by atoms with Crippen molar-refractivity contribution in [3.8, 4) is 0 Å². The number of hydrogen-bond donors (Lipinski definition) is 1. The molecule has 112 valence electrons. The Morgan fingerprint density at radius 3 is 2.68 bits per heavy atom. The van der Waals surface area contributed by atoms with Gasteiger partial charge in [0.15, 0.2) is 0 Å². The van der Waals surface area contributed by atoms with E-state index in [9.17, 15) is 9.90 Å². The van der Waals surface area contributed by atoms with E-state index < -0.39 is 6.09 Å². The maximum atomic E-state index is 11.4. The number of hydrogen-bond acceptors (Lipinski definition) is 1. The topological polar surface area (TPSA) is 40.5 Å². The summed E-state index contributed by atoms with van der Waals surface area (Å²) in [4.78, 5) is 13.1. The second kappa shape index (κ2) is 8.83. The fourth-order valence-electron chi connectivity index (χ4n) is 3.22. The fourth-order valence-corrected chi connectivity index (χ4v) is 3.81. The molecule has 4 heteroatoms. The van der Waals surface area contributed by atoms with Crippen LogP contribution in [0.4, 0.5) is 4.79 Å². The Morgan fingerprint density at radius 1 is 1.42 bits per heavy atom. The van der Waals surface area contributed by atoms with Crippen LogP contribution in [0.3, 0.4) is 0 Å². The minimum Gasteiger partial charge on any atom is -0.465 e. The van der Waals surface area contributed by atoms with Gasteiger partial charge in [0.05, 0.1) is 0 Å². The lowest BCUT2D eigenvalue weighted by Crippen LogP contribution is -2.49. The largest absolute Gasteiger partial charge is 0.465 e. The van der Waals surface area contributed by atoms with Gasteiger partial charge in [-0.3, -0.25) is 0 Å². The van der Waals surface area contributed by atoms with Gasteiger partial charge in [0.25, 0.3) is 0 Å². The highest BCUT2D eigenvalue weighted by atomic mass is 79.9. The van der Waals surface area contributed by atoms with E-state index in [1.54, 1.807) is 4.90 Å². The highest BCUT2D eigenvalue weighted by Gasteiger charge is 2.35. The summed E-state index contributed by atoms with van der Waals surface area (Å²) >= 11 is 3.56. The zero-order valence-electron chi connectivity index (χ0n) is 12.3. The molecule has 0 aromatic heterocycles. The van der Waals surface area contributed by atoms with Crippen molar-refractivity contribution in [1.29, 1.82) is 0 Å². The summed E-state index contributed by atoms with van der Waals surface area (Å²) < 4.78 is 0. The maximum absolute atomic E-state index is 11.4. The first-order valence-corrected chi connectivity index (χ1v) is 8.81. The molecule has 3 unspecified atom stereocenters. The van der Waals surface area contributed by atoms with Crippen LogP contribution >= 0.6 is 15.9 Å². The van der Waals surface area contributed by atoms with Gasteiger partial charge < -0.3 is 10.0 Å². The number of alkyl halides is 1. The van der Waals surface area contributed by atoms with Gasteiger partial charge in [-0.15, -0.1) is 0 Å². The number of halogens is 1. The Labute approximate surface area is 125 Å². The third kappa shape index (κ3) is 4.97. The third-order valence-corrected chi connectivity index (χ3v) is 5.38. The number of nitrogens with zero attached hydrogens (tertiary/aromatic N) is 1. The molecule has 0 spiro atoms. The molecule has 0 aromatic carbocycles. The van der Waals surface area contributed by atoms with Crippen molar-refractivity contribution in [3.63, 3.8) is 0 Å². The summed E-state index contributed by atoms with van der Waals surface area (Å²) in [5, 5.41) is 10.4. The molecule has 1 saturated heterocycles. The van der Waals surface area contributed by atoms with Crippen LogP contribution in [0.5, 0.6) is 0 Å². The summed E-state index contributed by atoms with van der Waals surface area (Å²) in [5.74, 6) is 1.17. The quantitative estimate of drug-likeness (QED) is 0.539. The molecule has 0 bridgehead atoms. The normalized spacial score (nSPS) is 25.3. The first kappa shape index (κ1) is 16.8. The molecule has 1 fully saturated rings. The van der Waals surface area contributed by atoms with Gasteiger partial charge in [0.1, 0.15) is 0 Å². The third-order valence-electron chi connectivity index (χ3n) is 4.46. The van der Waals surface area contributed by atoms with Crippen LogP contribution in [0, 0.1) is 11.8 Å². The lowest BCUT2D eigenvalue weighted by Gasteiger charge is -2.41. The maximum Gasteiger partial charge on any atom is 0.407 e. The predicted octanol–water partition coefficient (Wildman–Crippen LogP) is 4.75. The molecule has 1 rings (SSSR count). The Hall–Kier alpha value is -0.250. The van der Waals surface area contributed by atoms with E-state index in [2.05, 4.69) is 29.8 Å². The lowest BCUT2D eigenvalue weighted by molar-refractivity contribution is 0.0638. The van der Waals surface area contributed by atoms with E-state index in [-0.39, 0.29) is 6.04 Å². The van der Waals surface area contributed by atoms with E-state index in [0.717, 1.165) is 24.6 Å². The Kier molecular flexibility index (Phi) is 7.81. The molecule has 0 radical (unpaired) electrons. The van der Waals surface area contributed by atoms with Crippen LogP contribution in [0.25, 0.3) is 0 Å². The fraction of sp³-hybridized carbons (Fsp3) is 0.933. The minimum atomic E-state index is -0.730. The number of carbonyl (C=O) groups is 1. The summed E-state index contributed by atoms with van der Waals surface area (Å²) in [6.07, 6.45) is 7.29. The monoisotopic (exact) mass is 333 g/mol. The SMILES string of the molecule is CCCCCC(CC)C1CC(CBr)CCN1C(=O)O. The van der Waals surface area contributed by atoms with E-state index in [0.29, 0.717) is 18.4 Å². The van der Waals surface area contributed by atoms with Gasteiger partial charge in [-0.25, -0.2) is 4.79 Å². The van der Waals surface area contributed by atoms with E-state index in [4.69, 9.17) is 0 Å². The molecule has 1 aliphatic heterocycles. The molecule has 19 heavy (non-hydrogen) atoms. The Bertz CT molecular complexity index is 273. The molecule has 1 heterocycles. The number of unbranched alkanes of at least 4 members (excludes halogenated alkanes) is 2. The zero-order valence-corrected chi connectivity index (χ0v) is 13.9. The van der Waals surface area contributed by atoms with Crippen molar-refractivity contribution in [2.45, 2.75) is 64.8 Å². The number of amides is 1. The van der Waals surface area contributed by atoms with Crippen molar-refractivity contribution >= 4 is 22.0 Å².